The van der Waals surface area contributed by atoms with Gasteiger partial charge >= 0.3 is 0 Å². The van der Waals surface area contributed by atoms with E-state index < -0.39 is 0 Å². The molecular weight excluding hydrogens is 262 g/mol. The Hall–Kier alpha value is -2.18. The molecule has 0 aliphatic carbocycles. The van der Waals surface area contributed by atoms with Gasteiger partial charge in [-0.1, -0.05) is 0 Å². The molecule has 0 saturated carbocycles. The number of aromatic nitrogens is 2. The molecule has 3 rings (SSSR count). The minimum atomic E-state index is -0.146. The van der Waals surface area contributed by atoms with Crippen LogP contribution in [-0.4, -0.2) is 26.9 Å². The maximum atomic E-state index is 9.44. The van der Waals surface area contributed by atoms with Gasteiger partial charge in [0.25, 0.3) is 0 Å². The number of pyridine rings is 1. The predicted octanol–water partition coefficient (Wildman–Crippen LogP) is 2.43. The molecule has 0 saturated heterocycles. The molecule has 0 fully saturated rings. The number of hydrogen-bond acceptors (Lipinski definition) is 6. The Kier molecular flexibility index (Phi) is 3.02. The summed E-state index contributed by atoms with van der Waals surface area (Å²) < 4.78 is 0.938. The topological polar surface area (TPSA) is 78.3 Å². The quantitative estimate of drug-likeness (QED) is 0.639. The van der Waals surface area contributed by atoms with Gasteiger partial charge in [0.1, 0.15) is 23.3 Å². The molecule has 0 atom stereocenters. The maximum Gasteiger partial charge on any atom is 0.127 e. The first kappa shape index (κ1) is 11.9. The lowest BCUT2D eigenvalue weighted by Crippen LogP contribution is -2.00. The first-order valence-corrected chi connectivity index (χ1v) is 6.48. The number of phenolic OH excluding ortho intramolecular Hbond substituents is 1. The van der Waals surface area contributed by atoms with E-state index in [4.69, 9.17) is 5.11 Å². The number of aliphatic hydroxyl groups excluding tert-OH is 1. The summed E-state index contributed by atoms with van der Waals surface area (Å²) in [7, 11) is 0. The van der Waals surface area contributed by atoms with Crippen LogP contribution < -0.4 is 5.32 Å². The summed E-state index contributed by atoms with van der Waals surface area (Å²) in [6.45, 7) is -0.146. The number of aromatic hydroxyl groups is 1. The van der Waals surface area contributed by atoms with Crippen molar-refractivity contribution in [1.29, 1.82) is 0 Å². The lowest BCUT2D eigenvalue weighted by molar-refractivity contribution is 0.325. The molecule has 0 aliphatic heterocycles. The van der Waals surface area contributed by atoms with Gasteiger partial charge in [-0.05, 0) is 30.3 Å². The van der Waals surface area contributed by atoms with Crippen molar-refractivity contribution < 1.29 is 10.2 Å². The third kappa shape index (κ3) is 2.35. The van der Waals surface area contributed by atoms with Gasteiger partial charge in [0, 0.05) is 11.8 Å². The van der Waals surface area contributed by atoms with Crippen LogP contribution in [0.15, 0.2) is 36.5 Å². The summed E-state index contributed by atoms with van der Waals surface area (Å²) in [5, 5.41) is 21.7. The van der Waals surface area contributed by atoms with Gasteiger partial charge in [0.05, 0.1) is 10.2 Å². The highest BCUT2D eigenvalue weighted by molar-refractivity contribution is 7.21. The van der Waals surface area contributed by atoms with Crippen LogP contribution in [-0.2, 0) is 0 Å². The normalized spacial score (nSPS) is 10.8. The Morgan fingerprint density at radius 3 is 2.84 bits per heavy atom. The molecule has 1 aromatic carbocycles. The average Bonchev–Trinajstić information content (AvgIpc) is 2.83. The number of hydrogen-bond donors (Lipinski definition) is 3. The molecule has 19 heavy (non-hydrogen) atoms. The molecule has 3 aromatic rings. The van der Waals surface area contributed by atoms with Gasteiger partial charge in [-0.3, -0.25) is 0 Å². The fourth-order valence-corrected chi connectivity index (χ4v) is 2.73. The van der Waals surface area contributed by atoms with Crippen molar-refractivity contribution in [2.24, 2.45) is 0 Å². The van der Waals surface area contributed by atoms with Crippen LogP contribution >= 0.6 is 11.3 Å². The molecule has 2 heterocycles. The highest BCUT2D eigenvalue weighted by Gasteiger charge is 2.07. The summed E-state index contributed by atoms with van der Waals surface area (Å²) in [4.78, 5) is 8.68. The van der Waals surface area contributed by atoms with Crippen molar-refractivity contribution in [2.45, 2.75) is 0 Å². The van der Waals surface area contributed by atoms with Gasteiger partial charge in [-0.2, -0.15) is 0 Å². The second-order valence-corrected chi connectivity index (χ2v) is 4.97. The van der Waals surface area contributed by atoms with Crippen molar-refractivity contribution >= 4 is 27.4 Å². The van der Waals surface area contributed by atoms with E-state index in [9.17, 15) is 5.11 Å². The van der Waals surface area contributed by atoms with Gasteiger partial charge in [-0.15, -0.1) is 11.3 Å². The summed E-state index contributed by atoms with van der Waals surface area (Å²) in [5.41, 5.74) is 1.76. The van der Waals surface area contributed by atoms with Crippen LogP contribution in [0.2, 0.25) is 0 Å². The number of nitrogens with zero attached hydrogens (tertiary/aromatic N) is 2. The molecule has 96 valence electrons. The first-order chi connectivity index (χ1) is 9.26. The lowest BCUT2D eigenvalue weighted by Gasteiger charge is -2.01. The van der Waals surface area contributed by atoms with Crippen molar-refractivity contribution in [3.8, 4) is 16.3 Å². The average molecular weight is 273 g/mol. The molecule has 0 bridgehead atoms. The zero-order chi connectivity index (χ0) is 13.2. The Morgan fingerprint density at radius 2 is 2.11 bits per heavy atom. The van der Waals surface area contributed by atoms with E-state index in [1.165, 1.54) is 11.3 Å². The summed E-state index contributed by atoms with van der Waals surface area (Å²) in [6.07, 6.45) is 1.70. The summed E-state index contributed by atoms with van der Waals surface area (Å²) in [6, 6.07) is 8.79. The number of anilines is 1. The van der Waals surface area contributed by atoms with Gasteiger partial charge in [0.2, 0.25) is 0 Å². The molecule has 0 amide bonds. The number of thiazole rings is 1. The number of fused-ring (bicyclic) bond motifs is 1. The largest absolute Gasteiger partial charge is 0.508 e. The summed E-state index contributed by atoms with van der Waals surface area (Å²) in [5.74, 6) is 0.855. The molecule has 0 aliphatic rings. The SMILES string of the molecule is OCNc1ccc(-c2nc3ccc(O)cc3s2)cn1. The van der Waals surface area contributed by atoms with Crippen molar-refractivity contribution in [2.75, 3.05) is 12.0 Å². The van der Waals surface area contributed by atoms with Crippen molar-refractivity contribution in [1.82, 2.24) is 9.97 Å². The van der Waals surface area contributed by atoms with Crippen molar-refractivity contribution in [3.63, 3.8) is 0 Å². The monoisotopic (exact) mass is 273 g/mol. The van der Waals surface area contributed by atoms with Gasteiger partial charge in [0.15, 0.2) is 0 Å². The Morgan fingerprint density at radius 1 is 1.21 bits per heavy atom. The number of nitrogens with one attached hydrogen (secondary N) is 1. The number of aliphatic hydroxyl groups is 1. The van der Waals surface area contributed by atoms with Gasteiger partial charge < -0.3 is 15.5 Å². The standard InChI is InChI=1S/C13H11N3O2S/c17-7-15-12-4-1-8(6-14-12)13-16-10-3-2-9(18)5-11(10)19-13/h1-6,17-18H,7H2,(H,14,15). The number of phenols is 1. The predicted molar refractivity (Wildman–Crippen MR) is 75.2 cm³/mol. The Balaban J connectivity index is 1.99. The second-order valence-electron chi connectivity index (χ2n) is 3.94. The third-order valence-corrected chi connectivity index (χ3v) is 3.71. The number of benzene rings is 1. The molecule has 3 N–H and O–H groups in total. The Labute approximate surface area is 113 Å². The fourth-order valence-electron chi connectivity index (χ4n) is 1.74. The van der Waals surface area contributed by atoms with Crippen LogP contribution in [0.3, 0.4) is 0 Å². The van der Waals surface area contributed by atoms with E-state index in [1.54, 1.807) is 30.5 Å². The second kappa shape index (κ2) is 4.83. The molecule has 0 radical (unpaired) electrons. The smallest absolute Gasteiger partial charge is 0.127 e. The summed E-state index contributed by atoms with van der Waals surface area (Å²) >= 11 is 1.50. The highest BCUT2D eigenvalue weighted by atomic mass is 32.1. The molecule has 0 spiro atoms. The fraction of sp³-hybridized carbons (Fsp3) is 0.0769. The first-order valence-electron chi connectivity index (χ1n) is 5.67. The van der Waals surface area contributed by atoms with E-state index in [1.807, 2.05) is 6.07 Å². The van der Waals surface area contributed by atoms with E-state index in [0.29, 0.717) is 5.82 Å². The maximum absolute atomic E-state index is 9.44. The minimum absolute atomic E-state index is 0.146. The zero-order valence-electron chi connectivity index (χ0n) is 9.87. The van der Waals surface area contributed by atoms with Crippen molar-refractivity contribution in [3.05, 3.63) is 36.5 Å². The third-order valence-electron chi connectivity index (χ3n) is 2.64. The van der Waals surface area contributed by atoms with E-state index in [-0.39, 0.29) is 12.5 Å². The highest BCUT2D eigenvalue weighted by Crippen LogP contribution is 2.31. The van der Waals surface area contributed by atoms with Crippen LogP contribution in [0, 0.1) is 0 Å². The molecule has 0 unspecified atom stereocenters. The van der Waals surface area contributed by atoms with Crippen LogP contribution in [0.5, 0.6) is 5.75 Å². The van der Waals surface area contributed by atoms with Crippen LogP contribution in [0.1, 0.15) is 0 Å². The van der Waals surface area contributed by atoms with E-state index >= 15 is 0 Å². The molecule has 2 aromatic heterocycles. The lowest BCUT2D eigenvalue weighted by atomic mass is 10.3. The molecular formula is C13H11N3O2S. The zero-order valence-corrected chi connectivity index (χ0v) is 10.7. The van der Waals surface area contributed by atoms with E-state index in [2.05, 4.69) is 15.3 Å². The van der Waals surface area contributed by atoms with Gasteiger partial charge in [-0.25, -0.2) is 9.97 Å². The minimum Gasteiger partial charge on any atom is -0.508 e. The van der Waals surface area contributed by atoms with Crippen LogP contribution in [0.4, 0.5) is 5.82 Å². The molecule has 5 nitrogen and oxygen atoms in total. The number of rotatable bonds is 3. The molecule has 6 heteroatoms. The Bertz CT molecular complexity index is 709. The van der Waals surface area contributed by atoms with Crippen LogP contribution in [0.25, 0.3) is 20.8 Å². The van der Waals surface area contributed by atoms with E-state index in [0.717, 1.165) is 20.8 Å².